The Morgan fingerprint density at radius 1 is 0.824 bits per heavy atom. The molecule has 0 spiro atoms. The highest BCUT2D eigenvalue weighted by molar-refractivity contribution is 7.90. The monoisotopic (exact) mass is 719 g/mol. The largest absolute Gasteiger partial charge is 0.399 e. The average molecular weight is 720 g/mol. The summed E-state index contributed by atoms with van der Waals surface area (Å²) in [4.78, 5) is 33.7. The van der Waals surface area contributed by atoms with Crippen LogP contribution in [0.15, 0.2) is 103 Å². The van der Waals surface area contributed by atoms with E-state index in [2.05, 4.69) is 61.4 Å². The molecular formula is C38H53N7O5S. The predicted molar refractivity (Wildman–Crippen MR) is 207 cm³/mol. The minimum Gasteiger partial charge on any atom is -0.399 e. The van der Waals surface area contributed by atoms with Crippen LogP contribution in [0.4, 0.5) is 11.4 Å². The zero-order chi connectivity index (χ0) is 38.4. The quantitative estimate of drug-likeness (QED) is 0.112. The third kappa shape index (κ3) is 15.9. The molecule has 13 heteroatoms. The zero-order valence-electron chi connectivity index (χ0n) is 30.4. The molecule has 4 aromatic carbocycles. The average Bonchev–Trinajstić information content (AvgIpc) is 3.13. The zero-order valence-corrected chi connectivity index (χ0v) is 31.2. The molecule has 51 heavy (non-hydrogen) atoms. The molecule has 3 amide bonds. The van der Waals surface area contributed by atoms with Gasteiger partial charge in [-0.05, 0) is 60.7 Å². The van der Waals surface area contributed by atoms with E-state index in [9.17, 15) is 18.0 Å². The van der Waals surface area contributed by atoms with Crippen LogP contribution in [-0.2, 0) is 21.5 Å². The number of nitrogens with two attached hydrogens (primary N) is 3. The maximum atomic E-state index is 12.7. The number of nitrogens with one attached hydrogen (secondary N) is 2. The van der Waals surface area contributed by atoms with Gasteiger partial charge in [-0.2, -0.15) is 12.7 Å². The first kappa shape index (κ1) is 43.8. The molecule has 0 fully saturated rings. The summed E-state index contributed by atoms with van der Waals surface area (Å²) in [5.41, 5.74) is 20.1. The Morgan fingerprint density at radius 2 is 1.31 bits per heavy atom. The fourth-order valence-corrected chi connectivity index (χ4v) is 5.06. The molecule has 12 nitrogen and oxygen atoms in total. The van der Waals surface area contributed by atoms with Gasteiger partial charge in [0.15, 0.2) is 0 Å². The summed E-state index contributed by atoms with van der Waals surface area (Å²) < 4.78 is 27.1. The van der Waals surface area contributed by atoms with Gasteiger partial charge in [-0.15, -0.1) is 0 Å². The van der Waals surface area contributed by atoms with Gasteiger partial charge in [0.2, 0.25) is 6.41 Å². The number of primary amides is 1. The molecule has 1 atom stereocenters. The van der Waals surface area contributed by atoms with Crippen LogP contribution in [0, 0.1) is 6.92 Å². The van der Waals surface area contributed by atoms with E-state index < -0.39 is 22.0 Å². The molecular weight excluding hydrogens is 667 g/mol. The first-order valence-corrected chi connectivity index (χ1v) is 17.8. The summed E-state index contributed by atoms with van der Waals surface area (Å²) in [5, 5.41) is 5.41. The van der Waals surface area contributed by atoms with Crippen molar-refractivity contribution in [2.45, 2.75) is 39.7 Å². The SMILES string of the molecule is CC[C@H](C)c1ccc(N)cc1.CN(C)S(=O)(=O)N(C)c1cc(C(=O)NCCN)cc(C(=O)NCc2ccccc2)c1.Cc1ccccc1.NC=O. The lowest BCUT2D eigenvalue weighted by Gasteiger charge is -2.24. The molecule has 0 saturated carbocycles. The lowest BCUT2D eigenvalue weighted by molar-refractivity contribution is -0.106. The highest BCUT2D eigenvalue weighted by Crippen LogP contribution is 2.22. The number of hydrogen-bond donors (Lipinski definition) is 5. The Kier molecular flexibility index (Phi) is 19.9. The second-order valence-corrected chi connectivity index (χ2v) is 13.7. The number of nitrogen functional groups attached to an aromatic ring is 1. The van der Waals surface area contributed by atoms with Gasteiger partial charge in [0.05, 0.1) is 5.69 Å². The van der Waals surface area contributed by atoms with Gasteiger partial charge < -0.3 is 27.8 Å². The van der Waals surface area contributed by atoms with E-state index in [0.717, 1.165) is 19.9 Å². The molecule has 0 unspecified atom stereocenters. The van der Waals surface area contributed by atoms with Crippen molar-refractivity contribution >= 4 is 39.8 Å². The van der Waals surface area contributed by atoms with Crippen LogP contribution in [-0.4, -0.2) is 65.2 Å². The van der Waals surface area contributed by atoms with Gasteiger partial charge in [-0.25, -0.2) is 0 Å². The Hall–Kier alpha value is -5.24. The third-order valence-corrected chi connectivity index (χ3v) is 9.22. The summed E-state index contributed by atoms with van der Waals surface area (Å²) in [7, 11) is 0.355. The summed E-state index contributed by atoms with van der Waals surface area (Å²) in [6.07, 6.45) is 1.43. The van der Waals surface area contributed by atoms with Gasteiger partial charge in [-0.1, -0.05) is 92.2 Å². The van der Waals surface area contributed by atoms with Crippen LogP contribution in [0.3, 0.4) is 0 Å². The standard InChI is InChI=1S/C20H27N5O4S.C10H15N.C7H8.CH3NO/c1-24(2)30(28,29)25(3)18-12-16(19(26)22-10-9-21)11-17(13-18)20(27)23-14-15-7-5-4-6-8-15;1-3-8(2)9-4-6-10(11)7-5-9;1-7-5-3-2-4-6-7;2-1-3/h4-8,11-13H,9-10,14,21H2,1-3H3,(H,22,26)(H,23,27);4-8H,3,11H2,1-2H3;2-6H,1H3;1H,(H2,2,3)/t;8-;;/m.0../s1. The van der Waals surface area contributed by atoms with E-state index in [4.69, 9.17) is 16.3 Å². The molecule has 4 rings (SSSR count). The third-order valence-electron chi connectivity index (χ3n) is 7.40. The molecule has 0 saturated heterocycles. The molecule has 0 aliphatic carbocycles. The predicted octanol–water partition coefficient (Wildman–Crippen LogP) is 4.43. The Morgan fingerprint density at radius 3 is 1.75 bits per heavy atom. The maximum Gasteiger partial charge on any atom is 0.303 e. The summed E-state index contributed by atoms with van der Waals surface area (Å²) in [5.74, 6) is -0.227. The minimum absolute atomic E-state index is 0.159. The molecule has 4 aromatic rings. The number of rotatable bonds is 11. The van der Waals surface area contributed by atoms with Crippen LogP contribution in [0.25, 0.3) is 0 Å². The lowest BCUT2D eigenvalue weighted by atomic mass is 9.99. The van der Waals surface area contributed by atoms with E-state index in [1.807, 2.05) is 60.7 Å². The lowest BCUT2D eigenvalue weighted by Crippen LogP contribution is -2.38. The number of aryl methyl sites for hydroxylation is 1. The van der Waals surface area contributed by atoms with Crippen LogP contribution >= 0.6 is 0 Å². The van der Waals surface area contributed by atoms with Crippen molar-refractivity contribution in [1.82, 2.24) is 14.9 Å². The van der Waals surface area contributed by atoms with Crippen molar-refractivity contribution in [3.63, 3.8) is 0 Å². The van der Waals surface area contributed by atoms with E-state index >= 15 is 0 Å². The second kappa shape index (κ2) is 23.2. The summed E-state index contributed by atoms with van der Waals surface area (Å²) in [6, 6.07) is 32.0. The van der Waals surface area contributed by atoms with Crippen LogP contribution in [0.1, 0.15) is 63.6 Å². The highest BCUT2D eigenvalue weighted by atomic mass is 32.2. The van der Waals surface area contributed by atoms with Gasteiger partial charge in [-0.3, -0.25) is 18.7 Å². The van der Waals surface area contributed by atoms with Crippen molar-refractivity contribution in [2.24, 2.45) is 11.5 Å². The highest BCUT2D eigenvalue weighted by Gasteiger charge is 2.23. The molecule has 0 radical (unpaired) electrons. The van der Waals surface area contributed by atoms with Crippen molar-refractivity contribution < 1.29 is 22.8 Å². The fourth-order valence-electron chi connectivity index (χ4n) is 4.20. The van der Waals surface area contributed by atoms with Gasteiger partial charge in [0.1, 0.15) is 0 Å². The minimum atomic E-state index is -3.80. The summed E-state index contributed by atoms with van der Waals surface area (Å²) in [6.45, 7) is 7.31. The molecule has 276 valence electrons. The van der Waals surface area contributed by atoms with Crippen molar-refractivity contribution in [1.29, 1.82) is 0 Å². The maximum absolute atomic E-state index is 12.7. The first-order valence-electron chi connectivity index (χ1n) is 16.4. The van der Waals surface area contributed by atoms with Crippen LogP contribution in [0.2, 0.25) is 0 Å². The molecule has 0 aliphatic heterocycles. The van der Waals surface area contributed by atoms with E-state index in [1.54, 1.807) is 0 Å². The van der Waals surface area contributed by atoms with E-state index in [-0.39, 0.29) is 36.3 Å². The number of nitrogens with zero attached hydrogens (tertiary/aromatic N) is 2. The van der Waals surface area contributed by atoms with E-state index in [0.29, 0.717) is 12.5 Å². The van der Waals surface area contributed by atoms with Crippen molar-refractivity contribution in [3.8, 4) is 0 Å². The number of carbonyl (C=O) groups excluding carboxylic acids is 3. The number of benzene rings is 4. The summed E-state index contributed by atoms with van der Waals surface area (Å²) >= 11 is 0. The molecule has 0 heterocycles. The number of hydrogen-bond acceptors (Lipinski definition) is 7. The molecule has 0 aliphatic rings. The number of anilines is 2. The van der Waals surface area contributed by atoms with Gasteiger partial charge >= 0.3 is 10.2 Å². The van der Waals surface area contributed by atoms with Gasteiger partial charge in [0.25, 0.3) is 11.8 Å². The Balaban J connectivity index is 0.000000498. The second-order valence-electron chi connectivity index (χ2n) is 11.5. The Labute approximate surface area is 303 Å². The normalized spacial score (nSPS) is 10.8. The first-order chi connectivity index (χ1) is 24.2. The molecule has 0 bridgehead atoms. The van der Waals surface area contributed by atoms with Crippen molar-refractivity contribution in [2.75, 3.05) is 44.3 Å². The molecule has 8 N–H and O–H groups in total. The number of carbonyl (C=O) groups is 3. The smallest absolute Gasteiger partial charge is 0.303 e. The fraction of sp³-hybridized carbons (Fsp3) is 0.289. The van der Waals surface area contributed by atoms with Crippen LogP contribution < -0.4 is 32.1 Å². The van der Waals surface area contributed by atoms with Crippen molar-refractivity contribution in [3.05, 3.63) is 131 Å². The Bertz CT molecular complexity index is 1720. The topological polar surface area (TPSA) is 194 Å². The van der Waals surface area contributed by atoms with E-state index in [1.165, 1.54) is 56.9 Å². The number of amides is 3. The van der Waals surface area contributed by atoms with Gasteiger partial charge in [0, 0.05) is 57.6 Å². The molecule has 0 aromatic heterocycles. The van der Waals surface area contributed by atoms with Crippen LogP contribution in [0.5, 0.6) is 0 Å².